The van der Waals surface area contributed by atoms with Gasteiger partial charge in [-0.25, -0.2) is 18.3 Å². The molecule has 1 heterocycles. The van der Waals surface area contributed by atoms with Gasteiger partial charge >= 0.3 is 5.97 Å². The van der Waals surface area contributed by atoms with Crippen molar-refractivity contribution in [1.29, 1.82) is 0 Å². The van der Waals surface area contributed by atoms with Crippen LogP contribution in [0.3, 0.4) is 0 Å². The molecular formula is C6H7F2N3O2. The van der Waals surface area contributed by atoms with E-state index in [9.17, 15) is 13.6 Å². The molecule has 0 atom stereocenters. The third kappa shape index (κ3) is 2.46. The number of hydrogen-bond acceptors (Lipinski definition) is 3. The summed E-state index contributed by atoms with van der Waals surface area (Å²) in [5, 5.41) is 15.2. The van der Waals surface area contributed by atoms with E-state index in [2.05, 4.69) is 10.3 Å². The lowest BCUT2D eigenvalue weighted by Crippen LogP contribution is -2.12. The molecule has 1 N–H and O–H groups in total. The van der Waals surface area contributed by atoms with E-state index in [0.717, 1.165) is 10.9 Å². The molecular weight excluding hydrogens is 184 g/mol. The van der Waals surface area contributed by atoms with Gasteiger partial charge in [0, 0.05) is 13.0 Å². The minimum atomic E-state index is -2.47. The van der Waals surface area contributed by atoms with Crippen LogP contribution in [0.4, 0.5) is 8.78 Å². The van der Waals surface area contributed by atoms with Crippen LogP contribution in [0, 0.1) is 0 Å². The monoisotopic (exact) mass is 191 g/mol. The van der Waals surface area contributed by atoms with E-state index in [1.807, 2.05) is 0 Å². The summed E-state index contributed by atoms with van der Waals surface area (Å²) in [7, 11) is 0. The molecule has 0 aliphatic carbocycles. The molecule has 1 aromatic heterocycles. The Morgan fingerprint density at radius 3 is 2.92 bits per heavy atom. The quantitative estimate of drug-likeness (QED) is 0.757. The van der Waals surface area contributed by atoms with Crippen LogP contribution in [0.1, 0.15) is 16.9 Å². The van der Waals surface area contributed by atoms with Gasteiger partial charge in [-0.15, -0.1) is 5.10 Å². The minimum Gasteiger partial charge on any atom is -0.476 e. The smallest absolute Gasteiger partial charge is 0.355 e. The molecule has 0 aliphatic heterocycles. The number of aromatic carboxylic acids is 1. The second-order valence-corrected chi connectivity index (χ2v) is 2.33. The van der Waals surface area contributed by atoms with E-state index in [0.29, 0.717) is 0 Å². The number of nitrogens with zero attached hydrogens (tertiary/aromatic N) is 3. The molecule has 13 heavy (non-hydrogen) atoms. The van der Waals surface area contributed by atoms with Gasteiger partial charge in [-0.05, 0) is 0 Å². The van der Waals surface area contributed by atoms with Crippen molar-refractivity contribution < 1.29 is 18.7 Å². The first-order chi connectivity index (χ1) is 6.11. The highest BCUT2D eigenvalue weighted by Crippen LogP contribution is 2.03. The normalized spacial score (nSPS) is 10.7. The Morgan fingerprint density at radius 1 is 1.69 bits per heavy atom. The molecule has 72 valence electrons. The fourth-order valence-corrected chi connectivity index (χ4v) is 0.808. The number of aromatic nitrogens is 3. The van der Waals surface area contributed by atoms with Crippen LogP contribution >= 0.6 is 0 Å². The summed E-state index contributed by atoms with van der Waals surface area (Å²) >= 11 is 0. The molecule has 0 aromatic carbocycles. The summed E-state index contributed by atoms with van der Waals surface area (Å²) in [6, 6.07) is 0. The Hall–Kier alpha value is -1.53. The third-order valence-corrected chi connectivity index (χ3v) is 1.40. The van der Waals surface area contributed by atoms with Gasteiger partial charge in [0.25, 0.3) is 0 Å². The first kappa shape index (κ1) is 9.56. The van der Waals surface area contributed by atoms with Crippen LogP contribution in [-0.4, -0.2) is 32.5 Å². The van der Waals surface area contributed by atoms with Crippen molar-refractivity contribution >= 4 is 5.97 Å². The van der Waals surface area contributed by atoms with Crippen LogP contribution in [0.25, 0.3) is 0 Å². The largest absolute Gasteiger partial charge is 0.476 e. The number of rotatable bonds is 4. The molecule has 1 rings (SSSR count). The number of carbonyl (C=O) groups is 1. The first-order valence-corrected chi connectivity index (χ1v) is 3.51. The summed E-state index contributed by atoms with van der Waals surface area (Å²) in [5.74, 6) is -1.22. The van der Waals surface area contributed by atoms with E-state index in [1.54, 1.807) is 0 Å². The van der Waals surface area contributed by atoms with Crippen LogP contribution in [0.15, 0.2) is 6.20 Å². The zero-order valence-electron chi connectivity index (χ0n) is 6.52. The number of hydrogen-bond donors (Lipinski definition) is 1. The zero-order valence-corrected chi connectivity index (χ0v) is 6.52. The van der Waals surface area contributed by atoms with Crippen molar-refractivity contribution in [3.63, 3.8) is 0 Å². The molecule has 0 saturated carbocycles. The molecule has 0 bridgehead atoms. The maximum atomic E-state index is 11.8. The van der Waals surface area contributed by atoms with Gasteiger partial charge in [0.1, 0.15) is 0 Å². The Kier molecular flexibility index (Phi) is 2.88. The zero-order chi connectivity index (χ0) is 9.84. The highest BCUT2D eigenvalue weighted by atomic mass is 19.3. The second-order valence-electron chi connectivity index (χ2n) is 2.33. The fraction of sp³-hybridized carbons (Fsp3) is 0.500. The maximum Gasteiger partial charge on any atom is 0.355 e. The number of aryl methyl sites for hydroxylation is 1. The minimum absolute atomic E-state index is 0.140. The van der Waals surface area contributed by atoms with Crippen molar-refractivity contribution in [2.45, 2.75) is 19.4 Å². The van der Waals surface area contributed by atoms with Gasteiger partial charge in [-0.2, -0.15) is 0 Å². The van der Waals surface area contributed by atoms with E-state index in [-0.39, 0.29) is 12.2 Å². The van der Waals surface area contributed by atoms with Gasteiger partial charge < -0.3 is 5.11 Å². The lowest BCUT2D eigenvalue weighted by atomic mass is 10.4. The number of carboxylic acids is 1. The third-order valence-electron chi connectivity index (χ3n) is 1.40. The summed E-state index contributed by atoms with van der Waals surface area (Å²) < 4.78 is 24.4. The number of carboxylic acid groups (broad SMARTS) is 1. The van der Waals surface area contributed by atoms with Crippen LogP contribution in [0.2, 0.25) is 0 Å². The fourth-order valence-electron chi connectivity index (χ4n) is 0.808. The molecule has 0 saturated heterocycles. The van der Waals surface area contributed by atoms with E-state index >= 15 is 0 Å². The summed E-state index contributed by atoms with van der Waals surface area (Å²) in [5.41, 5.74) is -0.180. The second kappa shape index (κ2) is 3.92. The van der Waals surface area contributed by atoms with Crippen LogP contribution in [-0.2, 0) is 6.54 Å². The molecule has 7 heteroatoms. The van der Waals surface area contributed by atoms with Crippen molar-refractivity contribution in [3.8, 4) is 0 Å². The predicted molar refractivity (Wildman–Crippen MR) is 37.6 cm³/mol. The van der Waals surface area contributed by atoms with Gasteiger partial charge in [0.2, 0.25) is 6.43 Å². The first-order valence-electron chi connectivity index (χ1n) is 3.51. The average molecular weight is 191 g/mol. The van der Waals surface area contributed by atoms with Crippen molar-refractivity contribution in [3.05, 3.63) is 11.9 Å². The lowest BCUT2D eigenvalue weighted by Gasteiger charge is -2.01. The summed E-state index contributed by atoms with van der Waals surface area (Å²) in [6.07, 6.45) is -1.87. The Morgan fingerprint density at radius 2 is 2.38 bits per heavy atom. The molecule has 0 fully saturated rings. The number of alkyl halides is 2. The molecule has 0 radical (unpaired) electrons. The molecule has 5 nitrogen and oxygen atoms in total. The molecule has 0 amide bonds. The topological polar surface area (TPSA) is 68.0 Å². The molecule has 1 aromatic rings. The van der Waals surface area contributed by atoms with Gasteiger partial charge in [-0.3, -0.25) is 0 Å². The standard InChI is InChI=1S/C6H7F2N3O2/c7-5(8)1-2-11-4(6(12)13)3-9-10-11/h3,5H,1-2H2,(H,12,13). The number of halogens is 2. The maximum absolute atomic E-state index is 11.8. The van der Waals surface area contributed by atoms with Gasteiger partial charge in [0.05, 0.1) is 6.20 Å². The molecule has 0 aliphatic rings. The van der Waals surface area contributed by atoms with Crippen molar-refractivity contribution in [1.82, 2.24) is 15.0 Å². The Bertz CT molecular complexity index is 300. The van der Waals surface area contributed by atoms with Crippen LogP contribution in [0.5, 0.6) is 0 Å². The van der Waals surface area contributed by atoms with E-state index < -0.39 is 18.8 Å². The highest BCUT2D eigenvalue weighted by Gasteiger charge is 2.12. The van der Waals surface area contributed by atoms with E-state index in [1.165, 1.54) is 0 Å². The average Bonchev–Trinajstić information content (AvgIpc) is 2.47. The highest BCUT2D eigenvalue weighted by molar-refractivity contribution is 5.85. The van der Waals surface area contributed by atoms with Crippen molar-refractivity contribution in [2.75, 3.05) is 0 Å². The van der Waals surface area contributed by atoms with Gasteiger partial charge in [-0.1, -0.05) is 5.21 Å². The predicted octanol–water partition coefficient (Wildman–Crippen LogP) is 0.631. The SMILES string of the molecule is O=C(O)c1cnnn1CCC(F)F. The lowest BCUT2D eigenvalue weighted by molar-refractivity contribution is 0.0678. The Labute approximate surface area is 72.0 Å². The molecule has 0 spiro atoms. The van der Waals surface area contributed by atoms with Gasteiger partial charge in [0.15, 0.2) is 5.69 Å². The summed E-state index contributed by atoms with van der Waals surface area (Å²) in [6.45, 7) is -0.140. The molecule has 0 unspecified atom stereocenters. The van der Waals surface area contributed by atoms with Crippen molar-refractivity contribution in [2.24, 2.45) is 0 Å². The van der Waals surface area contributed by atoms with Crippen LogP contribution < -0.4 is 0 Å². The van der Waals surface area contributed by atoms with E-state index in [4.69, 9.17) is 5.11 Å². The Balaban J connectivity index is 2.65. The summed E-state index contributed by atoms with van der Waals surface area (Å²) in [4.78, 5) is 10.4.